The largest absolute Gasteiger partial charge is 0.302 e. The molecular formula is C15H22N2. The summed E-state index contributed by atoms with van der Waals surface area (Å²) in [6, 6.07) is 10.1. The number of benzene rings is 1. The Morgan fingerprint density at radius 2 is 2.06 bits per heavy atom. The SMILES string of the molecule is CCCCCCN(C)Cc1cccc(C#N)c1. The molecule has 0 radical (unpaired) electrons. The Balaban J connectivity index is 2.34. The highest BCUT2D eigenvalue weighted by Gasteiger charge is 2.01. The molecule has 0 saturated heterocycles. The van der Waals surface area contributed by atoms with Gasteiger partial charge in [0.25, 0.3) is 0 Å². The second-order valence-electron chi connectivity index (χ2n) is 4.61. The van der Waals surface area contributed by atoms with E-state index in [1.54, 1.807) is 0 Å². The average molecular weight is 230 g/mol. The normalized spacial score (nSPS) is 10.5. The fourth-order valence-corrected chi connectivity index (χ4v) is 1.94. The first-order valence-corrected chi connectivity index (χ1v) is 6.44. The van der Waals surface area contributed by atoms with E-state index in [9.17, 15) is 0 Å². The molecule has 0 aliphatic rings. The molecule has 0 saturated carbocycles. The second-order valence-corrected chi connectivity index (χ2v) is 4.61. The molecule has 1 aromatic carbocycles. The van der Waals surface area contributed by atoms with Crippen LogP contribution in [0.4, 0.5) is 0 Å². The van der Waals surface area contributed by atoms with Crippen LogP contribution in [0.25, 0.3) is 0 Å². The third-order valence-electron chi connectivity index (χ3n) is 2.90. The Labute approximate surface area is 105 Å². The number of hydrogen-bond acceptors (Lipinski definition) is 2. The van der Waals surface area contributed by atoms with Crippen LogP contribution >= 0.6 is 0 Å². The molecule has 1 rings (SSSR count). The molecule has 0 atom stereocenters. The van der Waals surface area contributed by atoms with Gasteiger partial charge >= 0.3 is 0 Å². The number of rotatable bonds is 7. The van der Waals surface area contributed by atoms with Crippen molar-refractivity contribution in [2.45, 2.75) is 39.2 Å². The van der Waals surface area contributed by atoms with Gasteiger partial charge in [-0.25, -0.2) is 0 Å². The predicted octanol–water partition coefficient (Wildman–Crippen LogP) is 3.57. The standard InChI is InChI=1S/C15H22N2/c1-3-4-5-6-10-17(2)13-15-9-7-8-14(11-15)12-16/h7-9,11H,3-6,10,13H2,1-2H3. The summed E-state index contributed by atoms with van der Waals surface area (Å²) in [6.45, 7) is 4.30. The summed E-state index contributed by atoms with van der Waals surface area (Å²) in [6.07, 6.45) is 5.20. The lowest BCUT2D eigenvalue weighted by atomic mass is 10.1. The zero-order valence-corrected chi connectivity index (χ0v) is 10.9. The van der Waals surface area contributed by atoms with E-state index in [-0.39, 0.29) is 0 Å². The molecule has 2 heteroatoms. The molecule has 92 valence electrons. The minimum absolute atomic E-state index is 0.752. The topological polar surface area (TPSA) is 27.0 Å². The summed E-state index contributed by atoms with van der Waals surface area (Å²) in [5.74, 6) is 0. The van der Waals surface area contributed by atoms with Gasteiger partial charge in [0.05, 0.1) is 11.6 Å². The Morgan fingerprint density at radius 1 is 1.24 bits per heavy atom. The summed E-state index contributed by atoms with van der Waals surface area (Å²) in [4.78, 5) is 2.33. The minimum Gasteiger partial charge on any atom is -0.302 e. The quantitative estimate of drug-likeness (QED) is 0.669. The first-order chi connectivity index (χ1) is 8.26. The first-order valence-electron chi connectivity index (χ1n) is 6.44. The van der Waals surface area contributed by atoms with Crippen molar-refractivity contribution < 1.29 is 0 Å². The van der Waals surface area contributed by atoms with Gasteiger partial charge in [0, 0.05) is 6.54 Å². The monoisotopic (exact) mass is 230 g/mol. The Kier molecular flexibility index (Phi) is 6.35. The van der Waals surface area contributed by atoms with Crippen molar-refractivity contribution in [2.75, 3.05) is 13.6 Å². The van der Waals surface area contributed by atoms with Crippen LogP contribution in [0.3, 0.4) is 0 Å². The van der Waals surface area contributed by atoms with Gasteiger partial charge in [-0.05, 0) is 37.7 Å². The van der Waals surface area contributed by atoms with Crippen molar-refractivity contribution in [1.29, 1.82) is 5.26 Å². The molecule has 0 fully saturated rings. The average Bonchev–Trinajstić information content (AvgIpc) is 2.35. The lowest BCUT2D eigenvalue weighted by Gasteiger charge is -2.16. The van der Waals surface area contributed by atoms with Crippen molar-refractivity contribution in [3.63, 3.8) is 0 Å². The number of hydrogen-bond donors (Lipinski definition) is 0. The van der Waals surface area contributed by atoms with Crippen LogP contribution in [0, 0.1) is 11.3 Å². The Morgan fingerprint density at radius 3 is 2.76 bits per heavy atom. The molecule has 0 bridgehead atoms. The van der Waals surface area contributed by atoms with E-state index in [0.29, 0.717) is 0 Å². The van der Waals surface area contributed by atoms with Crippen molar-refractivity contribution in [1.82, 2.24) is 4.90 Å². The number of nitrogens with zero attached hydrogens (tertiary/aromatic N) is 2. The third-order valence-corrected chi connectivity index (χ3v) is 2.90. The molecule has 2 nitrogen and oxygen atoms in total. The maximum absolute atomic E-state index is 8.83. The molecule has 0 aromatic heterocycles. The van der Waals surface area contributed by atoms with Crippen molar-refractivity contribution in [2.24, 2.45) is 0 Å². The van der Waals surface area contributed by atoms with Gasteiger partial charge in [-0.1, -0.05) is 38.3 Å². The van der Waals surface area contributed by atoms with Crippen LogP contribution in [-0.4, -0.2) is 18.5 Å². The molecular weight excluding hydrogens is 208 g/mol. The highest BCUT2D eigenvalue weighted by Crippen LogP contribution is 2.08. The van der Waals surface area contributed by atoms with Crippen molar-refractivity contribution >= 4 is 0 Å². The van der Waals surface area contributed by atoms with Gasteiger partial charge in [0.2, 0.25) is 0 Å². The summed E-state index contributed by atoms with van der Waals surface area (Å²) < 4.78 is 0. The van der Waals surface area contributed by atoms with E-state index < -0.39 is 0 Å². The maximum atomic E-state index is 8.83. The van der Waals surface area contributed by atoms with Gasteiger partial charge in [-0.15, -0.1) is 0 Å². The molecule has 17 heavy (non-hydrogen) atoms. The molecule has 0 unspecified atom stereocenters. The summed E-state index contributed by atoms with van der Waals surface area (Å²) in [5.41, 5.74) is 1.98. The number of unbranched alkanes of at least 4 members (excludes halogenated alkanes) is 3. The lowest BCUT2D eigenvalue weighted by molar-refractivity contribution is 0.317. The van der Waals surface area contributed by atoms with Gasteiger partial charge in [0.15, 0.2) is 0 Å². The lowest BCUT2D eigenvalue weighted by Crippen LogP contribution is -2.19. The van der Waals surface area contributed by atoms with Crippen LogP contribution in [-0.2, 0) is 6.54 Å². The molecule has 1 aromatic rings. The smallest absolute Gasteiger partial charge is 0.0991 e. The molecule has 0 amide bonds. The van der Waals surface area contributed by atoms with Crippen LogP contribution in [0.15, 0.2) is 24.3 Å². The second kappa shape index (κ2) is 7.86. The molecule has 0 spiro atoms. The van der Waals surface area contributed by atoms with Crippen LogP contribution in [0.2, 0.25) is 0 Å². The fourth-order valence-electron chi connectivity index (χ4n) is 1.94. The van der Waals surface area contributed by atoms with Gasteiger partial charge in [0.1, 0.15) is 0 Å². The molecule has 0 heterocycles. The first kappa shape index (κ1) is 13.7. The Hall–Kier alpha value is -1.33. The van der Waals surface area contributed by atoms with Crippen LogP contribution < -0.4 is 0 Å². The van der Waals surface area contributed by atoms with Gasteiger partial charge in [-0.3, -0.25) is 0 Å². The molecule has 0 N–H and O–H groups in total. The van der Waals surface area contributed by atoms with E-state index in [4.69, 9.17) is 5.26 Å². The maximum Gasteiger partial charge on any atom is 0.0991 e. The highest BCUT2D eigenvalue weighted by molar-refractivity contribution is 5.32. The van der Waals surface area contributed by atoms with E-state index in [1.807, 2.05) is 18.2 Å². The third kappa shape index (κ3) is 5.51. The van der Waals surface area contributed by atoms with Crippen LogP contribution in [0.5, 0.6) is 0 Å². The van der Waals surface area contributed by atoms with Gasteiger partial charge in [-0.2, -0.15) is 5.26 Å². The Bertz CT molecular complexity index is 365. The van der Waals surface area contributed by atoms with E-state index in [2.05, 4.69) is 31.0 Å². The predicted molar refractivity (Wildman–Crippen MR) is 71.6 cm³/mol. The fraction of sp³-hybridized carbons (Fsp3) is 0.533. The zero-order valence-electron chi connectivity index (χ0n) is 10.9. The van der Waals surface area contributed by atoms with Crippen molar-refractivity contribution in [3.05, 3.63) is 35.4 Å². The van der Waals surface area contributed by atoms with Crippen molar-refractivity contribution in [3.8, 4) is 6.07 Å². The number of nitriles is 1. The van der Waals surface area contributed by atoms with E-state index >= 15 is 0 Å². The van der Waals surface area contributed by atoms with Gasteiger partial charge < -0.3 is 4.90 Å². The highest BCUT2D eigenvalue weighted by atomic mass is 15.1. The minimum atomic E-state index is 0.752. The van der Waals surface area contributed by atoms with E-state index in [1.165, 1.54) is 31.2 Å². The van der Waals surface area contributed by atoms with E-state index in [0.717, 1.165) is 18.7 Å². The zero-order chi connectivity index (χ0) is 12.5. The summed E-state index contributed by atoms with van der Waals surface area (Å²) >= 11 is 0. The summed E-state index contributed by atoms with van der Waals surface area (Å²) in [5, 5.41) is 8.83. The van der Waals surface area contributed by atoms with Crippen LogP contribution in [0.1, 0.15) is 43.7 Å². The summed E-state index contributed by atoms with van der Waals surface area (Å²) in [7, 11) is 2.14. The molecule has 0 aliphatic heterocycles. The molecule has 0 aliphatic carbocycles.